The molecule has 0 spiro atoms. The molecular weight excluding hydrogens is 406 g/mol. The van der Waals surface area contributed by atoms with Crippen molar-refractivity contribution in [3.05, 3.63) is 59.7 Å². The standard InChI is InChI=1S/C20H17N5S3/c1-13-2-4-14(5-3-13)17-12-28-20(22-17)27-11-16-10-26-19-24-23-18(25(16)19)15-6-8-21-9-7-15/h2-9,12,16H,10-11H2,1H3/t16-/m1/s1. The Hall–Kier alpha value is -2.16. The van der Waals surface area contributed by atoms with Crippen LogP contribution in [-0.4, -0.2) is 36.2 Å². The maximum Gasteiger partial charge on any atom is 0.191 e. The summed E-state index contributed by atoms with van der Waals surface area (Å²) in [5.41, 5.74) is 4.55. The summed E-state index contributed by atoms with van der Waals surface area (Å²) >= 11 is 5.30. The number of benzene rings is 1. The number of pyridine rings is 1. The third-order valence-electron chi connectivity index (χ3n) is 4.60. The van der Waals surface area contributed by atoms with Crippen molar-refractivity contribution in [3.63, 3.8) is 0 Å². The fourth-order valence-corrected chi connectivity index (χ4v) is 6.29. The van der Waals surface area contributed by atoms with Crippen molar-refractivity contribution in [2.75, 3.05) is 11.5 Å². The lowest BCUT2D eigenvalue weighted by molar-refractivity contribution is 0.597. The zero-order valence-corrected chi connectivity index (χ0v) is 17.6. The molecule has 0 bridgehead atoms. The van der Waals surface area contributed by atoms with Crippen LogP contribution in [0, 0.1) is 6.92 Å². The first-order chi connectivity index (χ1) is 13.8. The van der Waals surface area contributed by atoms with Crippen LogP contribution in [0.15, 0.2) is 63.7 Å². The molecule has 28 heavy (non-hydrogen) atoms. The zero-order valence-electron chi connectivity index (χ0n) is 15.1. The first-order valence-electron chi connectivity index (χ1n) is 8.91. The van der Waals surface area contributed by atoms with E-state index >= 15 is 0 Å². The second-order valence-electron chi connectivity index (χ2n) is 6.55. The molecule has 5 nitrogen and oxygen atoms in total. The van der Waals surface area contributed by atoms with Gasteiger partial charge in [0.25, 0.3) is 0 Å². The number of hydrogen-bond donors (Lipinski definition) is 0. The van der Waals surface area contributed by atoms with E-state index in [1.54, 1.807) is 35.5 Å². The maximum atomic E-state index is 4.82. The van der Waals surface area contributed by atoms with Crippen molar-refractivity contribution in [1.82, 2.24) is 24.7 Å². The molecule has 4 aromatic rings. The molecular formula is C20H17N5S3. The van der Waals surface area contributed by atoms with Crippen LogP contribution in [0.4, 0.5) is 0 Å². The number of nitrogens with zero attached hydrogens (tertiary/aromatic N) is 5. The van der Waals surface area contributed by atoms with E-state index in [-0.39, 0.29) is 0 Å². The minimum Gasteiger partial charge on any atom is -0.297 e. The molecule has 5 rings (SSSR count). The lowest BCUT2D eigenvalue weighted by Crippen LogP contribution is -2.11. The molecule has 3 aromatic heterocycles. The number of hydrogen-bond acceptors (Lipinski definition) is 7. The van der Waals surface area contributed by atoms with Gasteiger partial charge in [-0.25, -0.2) is 4.98 Å². The van der Waals surface area contributed by atoms with Crippen molar-refractivity contribution >= 4 is 34.9 Å². The molecule has 8 heteroatoms. The van der Waals surface area contributed by atoms with Gasteiger partial charge in [0.05, 0.1) is 11.7 Å². The highest BCUT2D eigenvalue weighted by Crippen LogP contribution is 2.39. The summed E-state index contributed by atoms with van der Waals surface area (Å²) in [5, 5.41) is 11.9. The summed E-state index contributed by atoms with van der Waals surface area (Å²) in [6.45, 7) is 2.10. The topological polar surface area (TPSA) is 56.5 Å². The molecule has 0 aliphatic carbocycles. The van der Waals surface area contributed by atoms with Gasteiger partial charge in [-0.05, 0) is 19.1 Å². The first-order valence-corrected chi connectivity index (χ1v) is 11.8. The number of thioether (sulfide) groups is 2. The van der Waals surface area contributed by atoms with Gasteiger partial charge in [-0.15, -0.1) is 21.5 Å². The Kier molecular flexibility index (Phi) is 4.92. The van der Waals surface area contributed by atoms with Crippen molar-refractivity contribution in [1.29, 1.82) is 0 Å². The molecule has 4 heterocycles. The normalized spacial score (nSPS) is 15.7. The van der Waals surface area contributed by atoms with Crippen molar-refractivity contribution in [2.45, 2.75) is 22.5 Å². The SMILES string of the molecule is Cc1ccc(-c2csc(SC[C@H]3CSc4nnc(-c5ccncc5)n43)n2)cc1. The van der Waals surface area contributed by atoms with Gasteiger partial charge in [-0.1, -0.05) is 53.4 Å². The number of aromatic nitrogens is 5. The summed E-state index contributed by atoms with van der Waals surface area (Å²) in [5.74, 6) is 2.90. The van der Waals surface area contributed by atoms with E-state index in [1.165, 1.54) is 11.1 Å². The second kappa shape index (κ2) is 7.69. The number of rotatable bonds is 5. The minimum absolute atomic E-state index is 0.356. The van der Waals surface area contributed by atoms with Gasteiger partial charge in [0, 0.05) is 40.4 Å². The van der Waals surface area contributed by atoms with Gasteiger partial charge in [0.15, 0.2) is 15.3 Å². The third-order valence-corrected chi connectivity index (χ3v) is 7.86. The number of thiazole rings is 1. The quantitative estimate of drug-likeness (QED) is 0.411. The molecule has 0 fully saturated rings. The highest BCUT2D eigenvalue weighted by atomic mass is 32.2. The average molecular weight is 424 g/mol. The Morgan fingerprint density at radius 3 is 2.71 bits per heavy atom. The molecule has 0 amide bonds. The first kappa shape index (κ1) is 17.9. The van der Waals surface area contributed by atoms with Gasteiger partial charge in [-0.3, -0.25) is 9.55 Å². The van der Waals surface area contributed by atoms with Crippen LogP contribution < -0.4 is 0 Å². The van der Waals surface area contributed by atoms with Crippen LogP contribution >= 0.6 is 34.9 Å². The van der Waals surface area contributed by atoms with Crippen LogP contribution in [-0.2, 0) is 0 Å². The van der Waals surface area contributed by atoms with E-state index in [0.29, 0.717) is 6.04 Å². The van der Waals surface area contributed by atoms with E-state index in [9.17, 15) is 0 Å². The largest absolute Gasteiger partial charge is 0.297 e. The molecule has 0 unspecified atom stereocenters. The van der Waals surface area contributed by atoms with Crippen molar-refractivity contribution in [3.8, 4) is 22.6 Å². The lowest BCUT2D eigenvalue weighted by atomic mass is 10.1. The van der Waals surface area contributed by atoms with Crippen LogP contribution in [0.5, 0.6) is 0 Å². The third kappa shape index (κ3) is 3.47. The monoisotopic (exact) mass is 423 g/mol. The predicted molar refractivity (Wildman–Crippen MR) is 116 cm³/mol. The lowest BCUT2D eigenvalue weighted by Gasteiger charge is -2.13. The van der Waals surface area contributed by atoms with E-state index in [1.807, 2.05) is 23.9 Å². The summed E-state index contributed by atoms with van der Waals surface area (Å²) < 4.78 is 3.37. The molecule has 140 valence electrons. The van der Waals surface area contributed by atoms with Crippen LogP contribution in [0.3, 0.4) is 0 Å². The highest BCUT2D eigenvalue weighted by molar-refractivity contribution is 8.01. The van der Waals surface area contributed by atoms with E-state index < -0.39 is 0 Å². The predicted octanol–water partition coefficient (Wildman–Crippen LogP) is 5.21. The Morgan fingerprint density at radius 1 is 1.07 bits per heavy atom. The van der Waals surface area contributed by atoms with Crippen LogP contribution in [0.1, 0.15) is 11.6 Å². The smallest absolute Gasteiger partial charge is 0.191 e. The fraction of sp³-hybridized carbons (Fsp3) is 0.200. The van der Waals surface area contributed by atoms with Gasteiger partial charge in [-0.2, -0.15) is 0 Å². The Labute approximate surface area is 175 Å². The van der Waals surface area contributed by atoms with Crippen molar-refractivity contribution in [2.24, 2.45) is 0 Å². The van der Waals surface area contributed by atoms with E-state index in [0.717, 1.165) is 38.1 Å². The van der Waals surface area contributed by atoms with Crippen LogP contribution in [0.2, 0.25) is 0 Å². The molecule has 1 atom stereocenters. The summed E-state index contributed by atoms with van der Waals surface area (Å²) in [4.78, 5) is 8.92. The molecule has 0 radical (unpaired) electrons. The van der Waals surface area contributed by atoms with Crippen molar-refractivity contribution < 1.29 is 0 Å². The Bertz CT molecular complexity index is 1090. The zero-order chi connectivity index (χ0) is 18.9. The number of fused-ring (bicyclic) bond motifs is 1. The highest BCUT2D eigenvalue weighted by Gasteiger charge is 2.28. The Balaban J connectivity index is 1.32. The molecule has 0 saturated heterocycles. The molecule has 1 aromatic carbocycles. The summed E-state index contributed by atoms with van der Waals surface area (Å²) in [6.07, 6.45) is 3.59. The van der Waals surface area contributed by atoms with E-state index in [2.05, 4.69) is 56.3 Å². The molecule has 0 N–H and O–H groups in total. The molecule has 1 aliphatic heterocycles. The fourth-order valence-electron chi connectivity index (χ4n) is 3.12. The second-order valence-corrected chi connectivity index (χ2v) is 9.66. The average Bonchev–Trinajstić information content (AvgIpc) is 3.45. The summed E-state index contributed by atoms with van der Waals surface area (Å²) in [7, 11) is 0. The Morgan fingerprint density at radius 2 is 1.89 bits per heavy atom. The van der Waals surface area contributed by atoms with Crippen LogP contribution in [0.25, 0.3) is 22.6 Å². The van der Waals surface area contributed by atoms with E-state index in [4.69, 9.17) is 4.98 Å². The van der Waals surface area contributed by atoms with Gasteiger partial charge in [0.1, 0.15) is 0 Å². The van der Waals surface area contributed by atoms with Gasteiger partial charge < -0.3 is 0 Å². The number of aryl methyl sites for hydroxylation is 1. The maximum absolute atomic E-state index is 4.82. The van der Waals surface area contributed by atoms with Gasteiger partial charge >= 0.3 is 0 Å². The molecule has 1 aliphatic rings. The van der Waals surface area contributed by atoms with Gasteiger partial charge in [0.2, 0.25) is 0 Å². The minimum atomic E-state index is 0.356. The molecule has 0 saturated carbocycles. The summed E-state index contributed by atoms with van der Waals surface area (Å²) in [6, 6.07) is 12.9.